The molecule has 5 nitrogen and oxygen atoms in total. The summed E-state index contributed by atoms with van der Waals surface area (Å²) in [6.45, 7) is 5.74. The Labute approximate surface area is 120 Å². The van der Waals surface area contributed by atoms with Gasteiger partial charge in [-0.1, -0.05) is 26.0 Å². The van der Waals surface area contributed by atoms with E-state index in [2.05, 4.69) is 12.2 Å². The first-order chi connectivity index (χ1) is 9.60. The number of carbonyl (C=O) groups excluding carboxylic acids is 1. The molecule has 0 aliphatic heterocycles. The van der Waals surface area contributed by atoms with Gasteiger partial charge in [-0.15, -0.1) is 0 Å². The maximum absolute atomic E-state index is 11.1. The van der Waals surface area contributed by atoms with Crippen molar-refractivity contribution in [2.24, 2.45) is 11.7 Å². The number of amides is 1. The summed E-state index contributed by atoms with van der Waals surface area (Å²) in [6.07, 6.45) is 1.07. The van der Waals surface area contributed by atoms with Gasteiger partial charge in [-0.2, -0.15) is 0 Å². The molecule has 0 aliphatic carbocycles. The van der Waals surface area contributed by atoms with E-state index in [0.29, 0.717) is 18.0 Å². The zero-order valence-electron chi connectivity index (χ0n) is 12.4. The van der Waals surface area contributed by atoms with Crippen LogP contribution in [0, 0.1) is 5.92 Å². The third-order valence-corrected chi connectivity index (χ3v) is 2.99. The molecule has 0 bridgehead atoms. The Kier molecular flexibility index (Phi) is 6.87. The Balaban J connectivity index is 2.80. The van der Waals surface area contributed by atoms with Crippen LogP contribution in [0.25, 0.3) is 0 Å². The van der Waals surface area contributed by atoms with Gasteiger partial charge in [0.1, 0.15) is 0 Å². The van der Waals surface area contributed by atoms with Crippen LogP contribution in [-0.4, -0.2) is 26.2 Å². The van der Waals surface area contributed by atoms with Gasteiger partial charge in [0.05, 0.1) is 19.6 Å². The van der Waals surface area contributed by atoms with Crippen molar-refractivity contribution in [2.75, 3.05) is 20.3 Å². The molecule has 1 amide bonds. The van der Waals surface area contributed by atoms with Crippen LogP contribution in [0.15, 0.2) is 18.2 Å². The highest BCUT2D eigenvalue weighted by Crippen LogP contribution is 2.31. The first-order valence-corrected chi connectivity index (χ1v) is 6.88. The number of para-hydroxylation sites is 1. The normalized spacial score (nSPS) is 11.9. The monoisotopic (exact) mass is 280 g/mol. The van der Waals surface area contributed by atoms with Crippen molar-refractivity contribution in [1.82, 2.24) is 5.32 Å². The molecule has 3 N–H and O–H groups in total. The van der Waals surface area contributed by atoms with E-state index in [-0.39, 0.29) is 18.4 Å². The largest absolute Gasteiger partial charge is 0.493 e. The van der Waals surface area contributed by atoms with Gasteiger partial charge in [-0.05, 0) is 19.0 Å². The molecule has 0 radical (unpaired) electrons. The molecule has 5 heteroatoms. The predicted molar refractivity (Wildman–Crippen MR) is 78.8 cm³/mol. The lowest BCUT2D eigenvalue weighted by atomic mass is 10.1. The van der Waals surface area contributed by atoms with Crippen LogP contribution in [0.2, 0.25) is 0 Å². The van der Waals surface area contributed by atoms with E-state index in [0.717, 1.165) is 18.5 Å². The summed E-state index contributed by atoms with van der Waals surface area (Å²) >= 11 is 0. The number of nitrogens with two attached hydrogens (primary N) is 1. The summed E-state index contributed by atoms with van der Waals surface area (Å²) in [4.78, 5) is 11.1. The summed E-state index contributed by atoms with van der Waals surface area (Å²) in [5.74, 6) is 0.631. The molecule has 20 heavy (non-hydrogen) atoms. The van der Waals surface area contributed by atoms with Gasteiger partial charge >= 0.3 is 0 Å². The minimum atomic E-state index is -0.370. The van der Waals surface area contributed by atoms with E-state index in [4.69, 9.17) is 15.2 Å². The van der Waals surface area contributed by atoms with Gasteiger partial charge in [0.15, 0.2) is 11.5 Å². The van der Waals surface area contributed by atoms with Crippen LogP contribution in [0.1, 0.15) is 25.8 Å². The van der Waals surface area contributed by atoms with Crippen LogP contribution in [0.3, 0.4) is 0 Å². The maximum atomic E-state index is 11.1. The van der Waals surface area contributed by atoms with Gasteiger partial charge in [0, 0.05) is 12.1 Å². The molecule has 0 spiro atoms. The first kappa shape index (κ1) is 16.3. The number of ether oxygens (including phenoxy) is 2. The van der Waals surface area contributed by atoms with Crippen molar-refractivity contribution >= 4 is 5.91 Å². The molecule has 112 valence electrons. The Morgan fingerprint density at radius 3 is 2.80 bits per heavy atom. The van der Waals surface area contributed by atoms with Crippen LogP contribution in [0.5, 0.6) is 11.5 Å². The minimum Gasteiger partial charge on any atom is -0.493 e. The van der Waals surface area contributed by atoms with Crippen molar-refractivity contribution in [1.29, 1.82) is 0 Å². The summed E-state index contributed by atoms with van der Waals surface area (Å²) in [7, 11) is 1.60. The zero-order chi connectivity index (χ0) is 15.0. The second kappa shape index (κ2) is 8.43. The highest BCUT2D eigenvalue weighted by molar-refractivity contribution is 5.76. The SMILES string of the molecule is CCCNCc1cccc(OC)c1OCC(C)C(N)=O. The molecule has 0 aliphatic rings. The number of primary amides is 1. The van der Waals surface area contributed by atoms with Crippen molar-refractivity contribution in [3.63, 3.8) is 0 Å². The van der Waals surface area contributed by atoms with Crippen molar-refractivity contribution in [3.05, 3.63) is 23.8 Å². The van der Waals surface area contributed by atoms with Gasteiger partial charge in [0.2, 0.25) is 5.91 Å². The molecule has 1 atom stereocenters. The summed E-state index contributed by atoms with van der Waals surface area (Å²) in [5.41, 5.74) is 6.25. The fraction of sp³-hybridized carbons (Fsp3) is 0.533. The Bertz CT molecular complexity index is 435. The lowest BCUT2D eigenvalue weighted by Crippen LogP contribution is -2.26. The molecule has 0 heterocycles. The molecule has 0 aromatic heterocycles. The van der Waals surface area contributed by atoms with Crippen molar-refractivity contribution in [2.45, 2.75) is 26.8 Å². The van der Waals surface area contributed by atoms with E-state index in [1.165, 1.54) is 0 Å². The van der Waals surface area contributed by atoms with E-state index in [1.54, 1.807) is 14.0 Å². The number of methoxy groups -OCH3 is 1. The third-order valence-electron chi connectivity index (χ3n) is 2.99. The highest BCUT2D eigenvalue weighted by atomic mass is 16.5. The molecule has 1 aromatic carbocycles. The maximum Gasteiger partial charge on any atom is 0.223 e. The summed E-state index contributed by atoms with van der Waals surface area (Å²) < 4.78 is 11.1. The fourth-order valence-corrected chi connectivity index (χ4v) is 1.72. The zero-order valence-corrected chi connectivity index (χ0v) is 12.4. The van der Waals surface area contributed by atoms with Gasteiger partial charge in [-0.25, -0.2) is 0 Å². The molecular formula is C15H24N2O3. The number of carbonyl (C=O) groups is 1. The van der Waals surface area contributed by atoms with E-state index in [9.17, 15) is 4.79 Å². The topological polar surface area (TPSA) is 73.6 Å². The highest BCUT2D eigenvalue weighted by Gasteiger charge is 2.14. The number of nitrogens with one attached hydrogen (secondary N) is 1. The van der Waals surface area contributed by atoms with Gasteiger partial charge in [0.25, 0.3) is 0 Å². The van der Waals surface area contributed by atoms with Crippen molar-refractivity contribution in [3.8, 4) is 11.5 Å². The minimum absolute atomic E-state index is 0.247. The molecule has 1 unspecified atom stereocenters. The Hall–Kier alpha value is -1.75. The Morgan fingerprint density at radius 1 is 1.45 bits per heavy atom. The van der Waals surface area contributed by atoms with Crippen LogP contribution in [-0.2, 0) is 11.3 Å². The lowest BCUT2D eigenvalue weighted by Gasteiger charge is -2.17. The number of hydrogen-bond acceptors (Lipinski definition) is 4. The second-order valence-electron chi connectivity index (χ2n) is 4.74. The van der Waals surface area contributed by atoms with Crippen LogP contribution in [0.4, 0.5) is 0 Å². The molecule has 0 saturated heterocycles. The fourth-order valence-electron chi connectivity index (χ4n) is 1.72. The molecule has 0 fully saturated rings. The Morgan fingerprint density at radius 2 is 2.20 bits per heavy atom. The number of benzene rings is 1. The van der Waals surface area contributed by atoms with Crippen molar-refractivity contribution < 1.29 is 14.3 Å². The first-order valence-electron chi connectivity index (χ1n) is 6.88. The standard InChI is InChI=1S/C15H24N2O3/c1-4-8-17-9-12-6-5-7-13(19-3)14(12)20-10-11(2)15(16)18/h5-7,11,17H,4,8-10H2,1-3H3,(H2,16,18). The summed E-state index contributed by atoms with van der Waals surface area (Å²) in [5, 5.41) is 3.33. The molecule has 1 rings (SSSR count). The van der Waals surface area contributed by atoms with Crippen LogP contribution < -0.4 is 20.5 Å². The van der Waals surface area contributed by atoms with Crippen LogP contribution >= 0.6 is 0 Å². The van der Waals surface area contributed by atoms with E-state index < -0.39 is 0 Å². The third kappa shape index (κ3) is 4.74. The number of rotatable bonds is 9. The lowest BCUT2D eigenvalue weighted by molar-refractivity contribution is -0.122. The van der Waals surface area contributed by atoms with Gasteiger partial charge in [-0.3, -0.25) is 4.79 Å². The van der Waals surface area contributed by atoms with E-state index in [1.807, 2.05) is 18.2 Å². The summed E-state index contributed by atoms with van der Waals surface area (Å²) in [6, 6.07) is 5.75. The second-order valence-corrected chi connectivity index (χ2v) is 4.74. The van der Waals surface area contributed by atoms with E-state index >= 15 is 0 Å². The smallest absolute Gasteiger partial charge is 0.223 e. The molecule has 1 aromatic rings. The predicted octanol–water partition coefficient (Wildman–Crippen LogP) is 1.69. The molecule has 0 saturated carbocycles. The average Bonchev–Trinajstić information content (AvgIpc) is 2.45. The number of hydrogen-bond donors (Lipinski definition) is 2. The quantitative estimate of drug-likeness (QED) is 0.675. The van der Waals surface area contributed by atoms with Gasteiger partial charge < -0.3 is 20.5 Å². The molecular weight excluding hydrogens is 256 g/mol. The average molecular weight is 280 g/mol.